The normalized spacial score (nSPS) is 17.9. The van der Waals surface area contributed by atoms with E-state index in [1.807, 2.05) is 6.07 Å². The lowest BCUT2D eigenvalue weighted by Crippen LogP contribution is -2.29. The van der Waals surface area contributed by atoms with E-state index in [2.05, 4.69) is 0 Å². The Hall–Kier alpha value is -4.19. The molecule has 6 heteroatoms. The summed E-state index contributed by atoms with van der Waals surface area (Å²) in [6.45, 7) is 0. The van der Waals surface area contributed by atoms with Crippen molar-refractivity contribution in [1.29, 1.82) is 0 Å². The Bertz CT molecular complexity index is 1150. The Morgan fingerprint density at radius 3 is 1.87 bits per heavy atom. The van der Waals surface area contributed by atoms with E-state index in [4.69, 9.17) is 5.11 Å². The molecular formula is C24H17NO5. The molecule has 6 nitrogen and oxygen atoms in total. The van der Waals surface area contributed by atoms with Crippen LogP contribution in [-0.2, 0) is 9.59 Å². The highest BCUT2D eigenvalue weighted by molar-refractivity contribution is 6.51. The number of carbonyl (C=O) groups is 3. The van der Waals surface area contributed by atoms with E-state index in [9.17, 15) is 19.5 Å². The molecule has 3 aromatic rings. The molecule has 0 aliphatic carbocycles. The SMILES string of the molecule is O=C1C(=O)N(c2ccc(C(=O)O)cc2)C(c2ccccc2)C1=C(O)c1ccccc1. The first kappa shape index (κ1) is 19.1. The Morgan fingerprint density at radius 2 is 1.30 bits per heavy atom. The first-order valence-electron chi connectivity index (χ1n) is 9.24. The second kappa shape index (κ2) is 7.67. The van der Waals surface area contributed by atoms with Gasteiger partial charge in [0.2, 0.25) is 0 Å². The Balaban J connectivity index is 1.91. The summed E-state index contributed by atoms with van der Waals surface area (Å²) in [5.41, 5.74) is 1.49. The van der Waals surface area contributed by atoms with E-state index in [1.165, 1.54) is 29.2 Å². The molecule has 30 heavy (non-hydrogen) atoms. The molecule has 0 bridgehead atoms. The zero-order valence-electron chi connectivity index (χ0n) is 15.7. The number of carboxylic acids is 1. The van der Waals surface area contributed by atoms with Crippen LogP contribution in [-0.4, -0.2) is 27.9 Å². The summed E-state index contributed by atoms with van der Waals surface area (Å²) in [5.74, 6) is -2.93. The second-order valence-corrected chi connectivity index (χ2v) is 6.80. The van der Waals surface area contributed by atoms with Crippen LogP contribution in [0.4, 0.5) is 5.69 Å². The summed E-state index contributed by atoms with van der Waals surface area (Å²) in [4.78, 5) is 38.4. The number of Topliss-reactive ketones (excluding diaryl/α,β-unsaturated/α-hetero) is 1. The summed E-state index contributed by atoms with van der Waals surface area (Å²) in [6.07, 6.45) is 0. The maximum absolute atomic E-state index is 13.0. The number of nitrogens with zero attached hydrogens (tertiary/aromatic N) is 1. The van der Waals surface area contributed by atoms with Gasteiger partial charge < -0.3 is 10.2 Å². The predicted molar refractivity (Wildman–Crippen MR) is 111 cm³/mol. The quantitative estimate of drug-likeness (QED) is 0.393. The maximum Gasteiger partial charge on any atom is 0.335 e. The van der Waals surface area contributed by atoms with E-state index in [1.54, 1.807) is 54.6 Å². The van der Waals surface area contributed by atoms with E-state index < -0.39 is 23.7 Å². The van der Waals surface area contributed by atoms with Crippen LogP contribution in [0.5, 0.6) is 0 Å². The molecule has 1 atom stereocenters. The van der Waals surface area contributed by atoms with Gasteiger partial charge in [-0.2, -0.15) is 0 Å². The predicted octanol–water partition coefficient (Wildman–Crippen LogP) is 4.01. The molecule has 148 valence electrons. The Labute approximate surface area is 172 Å². The van der Waals surface area contributed by atoms with Crippen LogP contribution in [0.2, 0.25) is 0 Å². The van der Waals surface area contributed by atoms with Gasteiger partial charge in [0.25, 0.3) is 11.7 Å². The fraction of sp³-hybridized carbons (Fsp3) is 0.0417. The number of carboxylic acid groups (broad SMARTS) is 1. The van der Waals surface area contributed by atoms with Crippen LogP contribution in [0.15, 0.2) is 90.5 Å². The topological polar surface area (TPSA) is 94.9 Å². The smallest absolute Gasteiger partial charge is 0.335 e. The van der Waals surface area contributed by atoms with Crippen molar-refractivity contribution in [2.45, 2.75) is 6.04 Å². The van der Waals surface area contributed by atoms with Gasteiger partial charge in [-0.05, 0) is 29.8 Å². The molecule has 3 aromatic carbocycles. The number of ketones is 1. The highest BCUT2D eigenvalue weighted by atomic mass is 16.4. The van der Waals surface area contributed by atoms with Crippen LogP contribution in [0.1, 0.15) is 27.5 Å². The van der Waals surface area contributed by atoms with E-state index >= 15 is 0 Å². The van der Waals surface area contributed by atoms with Crippen molar-refractivity contribution in [1.82, 2.24) is 0 Å². The van der Waals surface area contributed by atoms with Crippen LogP contribution in [0.25, 0.3) is 5.76 Å². The summed E-state index contributed by atoms with van der Waals surface area (Å²) >= 11 is 0. The first-order chi connectivity index (χ1) is 14.5. The minimum Gasteiger partial charge on any atom is -0.507 e. The zero-order chi connectivity index (χ0) is 21.3. The lowest BCUT2D eigenvalue weighted by atomic mass is 9.95. The molecule has 0 aromatic heterocycles. The molecule has 1 fully saturated rings. The average Bonchev–Trinajstić information content (AvgIpc) is 3.05. The van der Waals surface area contributed by atoms with Gasteiger partial charge in [0, 0.05) is 11.3 Å². The van der Waals surface area contributed by atoms with Crippen molar-refractivity contribution < 1.29 is 24.6 Å². The van der Waals surface area contributed by atoms with Gasteiger partial charge in [-0.15, -0.1) is 0 Å². The number of hydrogen-bond acceptors (Lipinski definition) is 4. The third-order valence-electron chi connectivity index (χ3n) is 5.00. The lowest BCUT2D eigenvalue weighted by Gasteiger charge is -2.25. The van der Waals surface area contributed by atoms with Crippen LogP contribution >= 0.6 is 0 Å². The summed E-state index contributed by atoms with van der Waals surface area (Å²) in [6, 6.07) is 22.3. The van der Waals surface area contributed by atoms with Crippen molar-refractivity contribution in [2.75, 3.05) is 4.90 Å². The number of carbonyl (C=O) groups excluding carboxylic acids is 2. The summed E-state index contributed by atoms with van der Waals surface area (Å²) < 4.78 is 0. The van der Waals surface area contributed by atoms with Gasteiger partial charge in [0.1, 0.15) is 5.76 Å². The Kier molecular flexibility index (Phi) is 4.90. The second-order valence-electron chi connectivity index (χ2n) is 6.80. The molecule has 1 unspecified atom stereocenters. The third kappa shape index (κ3) is 3.24. The fourth-order valence-corrected chi connectivity index (χ4v) is 3.57. The highest BCUT2D eigenvalue weighted by Gasteiger charge is 2.46. The van der Waals surface area contributed by atoms with E-state index in [-0.39, 0.29) is 16.9 Å². The molecule has 1 aliphatic rings. The molecule has 1 aliphatic heterocycles. The van der Waals surface area contributed by atoms with Crippen molar-refractivity contribution in [2.24, 2.45) is 0 Å². The number of aromatic carboxylic acids is 1. The van der Waals surface area contributed by atoms with Crippen LogP contribution in [0.3, 0.4) is 0 Å². The molecular weight excluding hydrogens is 382 g/mol. The number of hydrogen-bond donors (Lipinski definition) is 2. The number of rotatable bonds is 4. The monoisotopic (exact) mass is 399 g/mol. The molecule has 0 saturated carbocycles. The van der Waals surface area contributed by atoms with Gasteiger partial charge in [-0.3, -0.25) is 14.5 Å². The fourth-order valence-electron chi connectivity index (χ4n) is 3.57. The van der Waals surface area contributed by atoms with Gasteiger partial charge in [-0.25, -0.2) is 4.79 Å². The van der Waals surface area contributed by atoms with Crippen LogP contribution in [0, 0.1) is 0 Å². The Morgan fingerprint density at radius 1 is 0.733 bits per heavy atom. The van der Waals surface area contributed by atoms with E-state index in [0.29, 0.717) is 16.8 Å². The molecule has 1 saturated heterocycles. The maximum atomic E-state index is 13.0. The molecule has 2 N–H and O–H groups in total. The van der Waals surface area contributed by atoms with Gasteiger partial charge in [-0.1, -0.05) is 60.7 Å². The molecule has 1 heterocycles. The minimum atomic E-state index is -1.09. The summed E-state index contributed by atoms with van der Waals surface area (Å²) in [7, 11) is 0. The van der Waals surface area contributed by atoms with Crippen molar-refractivity contribution in [3.63, 3.8) is 0 Å². The van der Waals surface area contributed by atoms with Crippen molar-refractivity contribution in [3.05, 3.63) is 107 Å². The first-order valence-corrected chi connectivity index (χ1v) is 9.24. The third-order valence-corrected chi connectivity index (χ3v) is 5.00. The lowest BCUT2D eigenvalue weighted by molar-refractivity contribution is -0.132. The number of aliphatic hydroxyl groups excluding tert-OH is 1. The number of anilines is 1. The van der Waals surface area contributed by atoms with Crippen molar-refractivity contribution >= 4 is 29.1 Å². The van der Waals surface area contributed by atoms with Crippen LogP contribution < -0.4 is 4.90 Å². The molecule has 0 spiro atoms. The zero-order valence-corrected chi connectivity index (χ0v) is 15.7. The van der Waals surface area contributed by atoms with Gasteiger partial charge in [0.15, 0.2) is 0 Å². The van der Waals surface area contributed by atoms with E-state index in [0.717, 1.165) is 0 Å². The van der Waals surface area contributed by atoms with Crippen molar-refractivity contribution in [3.8, 4) is 0 Å². The largest absolute Gasteiger partial charge is 0.507 e. The average molecular weight is 399 g/mol. The molecule has 1 amide bonds. The summed E-state index contributed by atoms with van der Waals surface area (Å²) in [5, 5.41) is 20.1. The molecule has 4 rings (SSSR count). The number of aliphatic hydroxyl groups is 1. The standard InChI is InChI=1S/C24H17NO5/c26-21(16-9-5-2-6-10-16)19-20(15-7-3-1-4-8-15)25(23(28)22(19)27)18-13-11-17(12-14-18)24(29)30/h1-14,20,26H,(H,29,30). The number of benzene rings is 3. The number of amides is 1. The minimum absolute atomic E-state index is 0.0142. The highest BCUT2D eigenvalue weighted by Crippen LogP contribution is 2.42. The van der Waals surface area contributed by atoms with Gasteiger partial charge in [0.05, 0.1) is 17.2 Å². The van der Waals surface area contributed by atoms with Gasteiger partial charge >= 0.3 is 5.97 Å². The molecule has 0 radical (unpaired) electrons.